The summed E-state index contributed by atoms with van der Waals surface area (Å²) in [5.74, 6) is 5.63. The molecule has 80 valence electrons. The van der Waals surface area contributed by atoms with E-state index in [4.69, 9.17) is 0 Å². The molecule has 1 nitrogen and oxygen atoms in total. The molecule has 2 heteroatoms. The van der Waals surface area contributed by atoms with Crippen LogP contribution in [0.2, 0.25) is 0 Å². The van der Waals surface area contributed by atoms with Gasteiger partial charge < -0.3 is 5.32 Å². The Morgan fingerprint density at radius 3 is 2.93 bits per heavy atom. The Bertz CT molecular complexity index is 362. The Morgan fingerprint density at radius 2 is 2.27 bits per heavy atom. The van der Waals surface area contributed by atoms with Gasteiger partial charge in [-0.25, -0.2) is 4.39 Å². The summed E-state index contributed by atoms with van der Waals surface area (Å²) in [6.07, 6.45) is 0.830. The molecule has 0 bridgehead atoms. The van der Waals surface area contributed by atoms with Crippen LogP contribution in [-0.4, -0.2) is 6.54 Å². The Hall–Kier alpha value is -1.33. The number of hydrogen-bond donors (Lipinski definition) is 1. The Balaban J connectivity index is 2.45. The second-order valence-electron chi connectivity index (χ2n) is 3.41. The molecule has 0 aliphatic heterocycles. The van der Waals surface area contributed by atoms with Crippen molar-refractivity contribution >= 4 is 0 Å². The quantitative estimate of drug-likeness (QED) is 0.588. The Labute approximate surface area is 90.7 Å². The lowest BCUT2D eigenvalue weighted by molar-refractivity contribution is 0.573. The van der Waals surface area contributed by atoms with E-state index in [-0.39, 0.29) is 11.9 Å². The number of nitrogens with one attached hydrogen (secondary N) is 1. The highest BCUT2D eigenvalue weighted by atomic mass is 19.1. The largest absolute Gasteiger partial charge is 0.309 e. The topological polar surface area (TPSA) is 12.0 Å². The van der Waals surface area contributed by atoms with Crippen molar-refractivity contribution in [3.63, 3.8) is 0 Å². The van der Waals surface area contributed by atoms with E-state index in [1.165, 1.54) is 6.07 Å². The molecule has 0 fully saturated rings. The number of rotatable bonds is 4. The molecule has 1 aromatic carbocycles. The van der Waals surface area contributed by atoms with Gasteiger partial charge in [0.15, 0.2) is 0 Å². The molecule has 0 saturated carbocycles. The van der Waals surface area contributed by atoms with E-state index in [2.05, 4.69) is 17.2 Å². The summed E-state index contributed by atoms with van der Waals surface area (Å²) in [6, 6.07) is 6.84. The average Bonchev–Trinajstić information content (AvgIpc) is 2.24. The van der Waals surface area contributed by atoms with Gasteiger partial charge in [0, 0.05) is 19.0 Å². The maximum atomic E-state index is 12.9. The van der Waals surface area contributed by atoms with Gasteiger partial charge in [0.2, 0.25) is 0 Å². The highest BCUT2D eigenvalue weighted by Crippen LogP contribution is 2.12. The maximum Gasteiger partial charge on any atom is 0.123 e. The predicted molar refractivity (Wildman–Crippen MR) is 60.9 cm³/mol. The molecule has 0 aliphatic rings. The summed E-state index contributed by atoms with van der Waals surface area (Å²) in [4.78, 5) is 0. The van der Waals surface area contributed by atoms with Gasteiger partial charge >= 0.3 is 0 Å². The van der Waals surface area contributed by atoms with Crippen LogP contribution in [0.25, 0.3) is 0 Å². The van der Waals surface area contributed by atoms with Crippen LogP contribution in [0.4, 0.5) is 4.39 Å². The molecular formula is C13H16FN. The van der Waals surface area contributed by atoms with Gasteiger partial charge in [-0.05, 0) is 31.5 Å². The average molecular weight is 205 g/mol. The summed E-state index contributed by atoms with van der Waals surface area (Å²) in [6.45, 7) is 4.68. The number of halogens is 1. The smallest absolute Gasteiger partial charge is 0.123 e. The molecule has 1 N–H and O–H groups in total. The van der Waals surface area contributed by atoms with Gasteiger partial charge in [0.05, 0.1) is 0 Å². The first-order chi connectivity index (χ1) is 7.24. The van der Waals surface area contributed by atoms with Crippen molar-refractivity contribution in [3.05, 3.63) is 35.6 Å². The van der Waals surface area contributed by atoms with E-state index in [0.717, 1.165) is 18.5 Å². The zero-order valence-corrected chi connectivity index (χ0v) is 9.18. The summed E-state index contributed by atoms with van der Waals surface area (Å²) >= 11 is 0. The summed E-state index contributed by atoms with van der Waals surface area (Å²) in [5, 5.41) is 3.29. The van der Waals surface area contributed by atoms with E-state index >= 15 is 0 Å². The third kappa shape index (κ3) is 4.14. The molecule has 0 saturated heterocycles. The monoisotopic (exact) mass is 205 g/mol. The zero-order valence-electron chi connectivity index (χ0n) is 9.18. The zero-order chi connectivity index (χ0) is 11.1. The fourth-order valence-electron chi connectivity index (χ4n) is 1.37. The molecule has 0 spiro atoms. The third-order valence-corrected chi connectivity index (χ3v) is 2.23. The van der Waals surface area contributed by atoms with Gasteiger partial charge in [-0.15, -0.1) is 11.8 Å². The van der Waals surface area contributed by atoms with Crippen molar-refractivity contribution in [3.8, 4) is 11.8 Å². The molecule has 0 heterocycles. The van der Waals surface area contributed by atoms with Crippen LogP contribution in [0.15, 0.2) is 24.3 Å². The first kappa shape index (κ1) is 11.7. The second kappa shape index (κ2) is 6.21. The molecule has 1 unspecified atom stereocenters. The van der Waals surface area contributed by atoms with Crippen LogP contribution < -0.4 is 5.32 Å². The fourth-order valence-corrected chi connectivity index (χ4v) is 1.37. The molecule has 15 heavy (non-hydrogen) atoms. The van der Waals surface area contributed by atoms with Gasteiger partial charge in [0.1, 0.15) is 5.82 Å². The van der Waals surface area contributed by atoms with Crippen LogP contribution in [0, 0.1) is 17.7 Å². The third-order valence-electron chi connectivity index (χ3n) is 2.23. The minimum absolute atomic E-state index is 0.166. The normalized spacial score (nSPS) is 11.7. The van der Waals surface area contributed by atoms with Gasteiger partial charge in [0.25, 0.3) is 0 Å². The number of benzene rings is 1. The Morgan fingerprint density at radius 1 is 1.47 bits per heavy atom. The van der Waals surface area contributed by atoms with Crippen molar-refractivity contribution in [1.82, 2.24) is 5.32 Å². The van der Waals surface area contributed by atoms with E-state index in [9.17, 15) is 4.39 Å². The van der Waals surface area contributed by atoms with Crippen LogP contribution in [-0.2, 0) is 0 Å². The molecule has 0 aliphatic carbocycles. The Kier molecular flexibility index (Phi) is 4.86. The maximum absolute atomic E-state index is 12.9. The SMILES string of the molecule is CC#CCCNC(C)c1cccc(F)c1. The highest BCUT2D eigenvalue weighted by molar-refractivity contribution is 5.19. The van der Waals surface area contributed by atoms with Crippen LogP contribution in [0.1, 0.15) is 31.9 Å². The highest BCUT2D eigenvalue weighted by Gasteiger charge is 2.04. The molecule has 1 aromatic rings. The second-order valence-corrected chi connectivity index (χ2v) is 3.41. The van der Waals surface area contributed by atoms with Crippen LogP contribution in [0.3, 0.4) is 0 Å². The minimum Gasteiger partial charge on any atom is -0.309 e. The molecule has 0 amide bonds. The molecule has 1 atom stereocenters. The van der Waals surface area contributed by atoms with Crippen LogP contribution in [0.5, 0.6) is 0 Å². The lowest BCUT2D eigenvalue weighted by Gasteiger charge is -2.13. The van der Waals surface area contributed by atoms with E-state index in [0.29, 0.717) is 0 Å². The predicted octanol–water partition coefficient (Wildman–Crippen LogP) is 2.89. The van der Waals surface area contributed by atoms with Crippen molar-refractivity contribution in [2.45, 2.75) is 26.3 Å². The summed E-state index contributed by atoms with van der Waals surface area (Å²) in [5.41, 5.74) is 0.972. The molecular weight excluding hydrogens is 189 g/mol. The first-order valence-electron chi connectivity index (χ1n) is 5.12. The van der Waals surface area contributed by atoms with E-state index < -0.39 is 0 Å². The van der Waals surface area contributed by atoms with Gasteiger partial charge in [-0.1, -0.05) is 12.1 Å². The lowest BCUT2D eigenvalue weighted by atomic mass is 10.1. The summed E-state index contributed by atoms with van der Waals surface area (Å²) in [7, 11) is 0. The van der Waals surface area contributed by atoms with E-state index in [1.807, 2.05) is 19.9 Å². The minimum atomic E-state index is -0.186. The van der Waals surface area contributed by atoms with Crippen molar-refractivity contribution < 1.29 is 4.39 Å². The number of hydrogen-bond acceptors (Lipinski definition) is 1. The molecule has 0 aromatic heterocycles. The van der Waals surface area contributed by atoms with Crippen LogP contribution >= 0.6 is 0 Å². The summed E-state index contributed by atoms with van der Waals surface area (Å²) < 4.78 is 12.9. The molecule has 1 rings (SSSR count). The van der Waals surface area contributed by atoms with Crippen molar-refractivity contribution in [2.24, 2.45) is 0 Å². The standard InChI is InChI=1S/C13H16FN/c1-3-4-5-9-15-11(2)12-7-6-8-13(14)10-12/h6-8,10-11,15H,5,9H2,1-2H3. The van der Waals surface area contributed by atoms with Gasteiger partial charge in [-0.3, -0.25) is 0 Å². The lowest BCUT2D eigenvalue weighted by Crippen LogP contribution is -2.19. The van der Waals surface area contributed by atoms with Gasteiger partial charge in [-0.2, -0.15) is 0 Å². The molecule has 0 radical (unpaired) electrons. The van der Waals surface area contributed by atoms with Crippen molar-refractivity contribution in [1.29, 1.82) is 0 Å². The fraction of sp³-hybridized carbons (Fsp3) is 0.385. The first-order valence-corrected chi connectivity index (χ1v) is 5.12. The van der Waals surface area contributed by atoms with E-state index in [1.54, 1.807) is 12.1 Å². The van der Waals surface area contributed by atoms with Crippen molar-refractivity contribution in [2.75, 3.05) is 6.54 Å².